The topological polar surface area (TPSA) is 81.5 Å². The second-order valence-corrected chi connectivity index (χ2v) is 5.65. The molecule has 0 aliphatic rings. The number of nitro groups is 1. The monoisotopic (exact) mass is 328 g/mol. The van der Waals surface area contributed by atoms with E-state index in [4.69, 9.17) is 4.74 Å². The van der Waals surface area contributed by atoms with Crippen LogP contribution in [0.15, 0.2) is 36.4 Å². The number of anilines is 1. The lowest BCUT2D eigenvalue weighted by atomic mass is 10.1. The van der Waals surface area contributed by atoms with Gasteiger partial charge in [-0.25, -0.2) is 0 Å². The molecule has 2 rings (SSSR count). The smallest absolute Gasteiger partial charge is 0.274 e. The van der Waals surface area contributed by atoms with E-state index in [1.54, 1.807) is 19.9 Å². The number of nitrogens with zero attached hydrogens (tertiary/aromatic N) is 1. The molecule has 0 bridgehead atoms. The molecule has 126 valence electrons. The molecule has 0 aliphatic heterocycles. The number of nitrogens with one attached hydrogen (secondary N) is 1. The van der Waals surface area contributed by atoms with Gasteiger partial charge in [0.25, 0.3) is 11.6 Å². The van der Waals surface area contributed by atoms with E-state index in [1.165, 1.54) is 12.1 Å². The second-order valence-electron chi connectivity index (χ2n) is 5.65. The van der Waals surface area contributed by atoms with E-state index in [0.717, 1.165) is 11.1 Å². The minimum Gasteiger partial charge on any atom is -0.481 e. The molecule has 6 nitrogen and oxygen atoms in total. The Bertz CT molecular complexity index is 787. The first-order chi connectivity index (χ1) is 11.3. The highest BCUT2D eigenvalue weighted by molar-refractivity contribution is 5.95. The van der Waals surface area contributed by atoms with Crippen molar-refractivity contribution in [2.24, 2.45) is 0 Å². The third-order valence-electron chi connectivity index (χ3n) is 3.99. The van der Waals surface area contributed by atoms with Gasteiger partial charge in [0.1, 0.15) is 5.75 Å². The maximum atomic E-state index is 12.3. The Hall–Kier alpha value is -2.89. The number of carbonyl (C=O) groups excluding carboxylic acids is 1. The zero-order valence-electron chi connectivity index (χ0n) is 14.1. The molecule has 1 amide bonds. The molecule has 2 aromatic carbocycles. The molecular weight excluding hydrogens is 308 g/mol. The minimum absolute atomic E-state index is 0.0316. The van der Waals surface area contributed by atoms with Crippen LogP contribution in [0.25, 0.3) is 0 Å². The molecule has 0 fully saturated rings. The van der Waals surface area contributed by atoms with Gasteiger partial charge in [-0.2, -0.15) is 0 Å². The van der Waals surface area contributed by atoms with Crippen LogP contribution in [0.2, 0.25) is 0 Å². The Morgan fingerprint density at radius 3 is 2.46 bits per heavy atom. The molecule has 1 N–H and O–H groups in total. The van der Waals surface area contributed by atoms with E-state index in [0.29, 0.717) is 17.0 Å². The van der Waals surface area contributed by atoms with E-state index in [9.17, 15) is 14.9 Å². The molecule has 0 saturated carbocycles. The Morgan fingerprint density at radius 2 is 1.79 bits per heavy atom. The number of rotatable bonds is 5. The third kappa shape index (κ3) is 3.71. The summed E-state index contributed by atoms with van der Waals surface area (Å²) in [6.45, 7) is 7.15. The number of ether oxygens (including phenoxy) is 1. The fraction of sp³-hybridized carbons (Fsp3) is 0.278. The van der Waals surface area contributed by atoms with E-state index in [-0.39, 0.29) is 11.6 Å². The summed E-state index contributed by atoms with van der Waals surface area (Å²) in [6.07, 6.45) is -0.732. The quantitative estimate of drug-likeness (QED) is 0.666. The van der Waals surface area contributed by atoms with Crippen molar-refractivity contribution in [1.29, 1.82) is 0 Å². The van der Waals surface area contributed by atoms with Crippen molar-refractivity contribution in [2.45, 2.75) is 33.8 Å². The molecule has 0 heterocycles. The van der Waals surface area contributed by atoms with Gasteiger partial charge >= 0.3 is 0 Å². The summed E-state index contributed by atoms with van der Waals surface area (Å²) in [6, 6.07) is 10.2. The van der Waals surface area contributed by atoms with Crippen molar-refractivity contribution < 1.29 is 14.5 Å². The molecule has 0 aliphatic carbocycles. The van der Waals surface area contributed by atoms with Crippen LogP contribution in [-0.4, -0.2) is 16.9 Å². The lowest BCUT2D eigenvalue weighted by Crippen LogP contribution is -2.30. The Labute approximate surface area is 140 Å². The van der Waals surface area contributed by atoms with Crippen molar-refractivity contribution in [3.8, 4) is 5.75 Å². The van der Waals surface area contributed by atoms with Crippen molar-refractivity contribution in [2.75, 3.05) is 5.32 Å². The summed E-state index contributed by atoms with van der Waals surface area (Å²) in [5, 5.41) is 13.7. The van der Waals surface area contributed by atoms with Gasteiger partial charge in [0, 0.05) is 6.07 Å². The predicted octanol–water partition coefficient (Wildman–Crippen LogP) is 3.93. The highest BCUT2D eigenvalue weighted by atomic mass is 16.6. The molecule has 0 aromatic heterocycles. The third-order valence-corrected chi connectivity index (χ3v) is 3.99. The van der Waals surface area contributed by atoms with E-state index in [2.05, 4.69) is 5.32 Å². The van der Waals surface area contributed by atoms with Gasteiger partial charge in [-0.05, 0) is 51.0 Å². The Balaban J connectivity index is 2.14. The maximum Gasteiger partial charge on any atom is 0.274 e. The maximum absolute atomic E-state index is 12.3. The van der Waals surface area contributed by atoms with Crippen LogP contribution < -0.4 is 10.1 Å². The number of amides is 1. The Kier molecular flexibility index (Phi) is 5.18. The van der Waals surface area contributed by atoms with E-state index >= 15 is 0 Å². The lowest BCUT2D eigenvalue weighted by molar-refractivity contribution is -0.385. The van der Waals surface area contributed by atoms with Gasteiger partial charge in [0.2, 0.25) is 0 Å². The molecule has 0 radical (unpaired) electrons. The van der Waals surface area contributed by atoms with Crippen LogP contribution in [0.5, 0.6) is 5.75 Å². The summed E-state index contributed by atoms with van der Waals surface area (Å²) in [5.41, 5.74) is 2.84. The average molecular weight is 328 g/mol. The summed E-state index contributed by atoms with van der Waals surface area (Å²) in [7, 11) is 0. The summed E-state index contributed by atoms with van der Waals surface area (Å²) in [5.74, 6) is 0.285. The molecule has 2 aromatic rings. The van der Waals surface area contributed by atoms with Gasteiger partial charge in [0.15, 0.2) is 6.10 Å². The number of benzene rings is 2. The molecule has 24 heavy (non-hydrogen) atoms. The van der Waals surface area contributed by atoms with Crippen LogP contribution in [0, 0.1) is 30.9 Å². The Morgan fingerprint density at radius 1 is 1.12 bits per heavy atom. The highest BCUT2D eigenvalue weighted by Gasteiger charge is 2.19. The number of aryl methyl sites for hydroxylation is 1. The molecule has 0 saturated heterocycles. The highest BCUT2D eigenvalue weighted by Crippen LogP contribution is 2.26. The fourth-order valence-electron chi connectivity index (χ4n) is 2.29. The number of nitro benzene ring substituents is 1. The van der Waals surface area contributed by atoms with Crippen molar-refractivity contribution in [3.05, 3.63) is 63.2 Å². The van der Waals surface area contributed by atoms with E-state index in [1.807, 2.05) is 32.0 Å². The van der Waals surface area contributed by atoms with Crippen LogP contribution in [0.1, 0.15) is 23.6 Å². The minimum atomic E-state index is -0.732. The SMILES string of the molecule is Cc1cccc(OC(C)C(=O)Nc2cccc([N+](=O)[O-])c2C)c1C. The van der Waals surface area contributed by atoms with Crippen molar-refractivity contribution in [3.63, 3.8) is 0 Å². The van der Waals surface area contributed by atoms with Crippen LogP contribution >= 0.6 is 0 Å². The number of carbonyl (C=O) groups is 1. The first kappa shape index (κ1) is 17.5. The molecule has 1 atom stereocenters. The first-order valence-electron chi connectivity index (χ1n) is 7.59. The summed E-state index contributed by atoms with van der Waals surface area (Å²) < 4.78 is 5.73. The van der Waals surface area contributed by atoms with E-state index < -0.39 is 11.0 Å². The predicted molar refractivity (Wildman–Crippen MR) is 92.5 cm³/mol. The summed E-state index contributed by atoms with van der Waals surface area (Å²) in [4.78, 5) is 22.8. The van der Waals surface area contributed by atoms with Gasteiger partial charge in [-0.3, -0.25) is 14.9 Å². The second kappa shape index (κ2) is 7.12. The molecule has 1 unspecified atom stereocenters. The average Bonchev–Trinajstić information content (AvgIpc) is 2.53. The summed E-state index contributed by atoms with van der Waals surface area (Å²) >= 11 is 0. The number of hydrogen-bond acceptors (Lipinski definition) is 4. The standard InChI is InChI=1S/C18H20N2O4/c1-11-7-5-10-17(12(11)2)24-14(4)18(21)19-15-8-6-9-16(13(15)3)20(22)23/h5-10,14H,1-4H3,(H,19,21). The molecular formula is C18H20N2O4. The largest absolute Gasteiger partial charge is 0.481 e. The van der Waals surface area contributed by atoms with Crippen molar-refractivity contribution in [1.82, 2.24) is 0 Å². The van der Waals surface area contributed by atoms with Gasteiger partial charge in [-0.1, -0.05) is 18.2 Å². The number of hydrogen-bond donors (Lipinski definition) is 1. The van der Waals surface area contributed by atoms with Gasteiger partial charge in [0.05, 0.1) is 16.2 Å². The lowest BCUT2D eigenvalue weighted by Gasteiger charge is -2.17. The molecule has 0 spiro atoms. The fourth-order valence-corrected chi connectivity index (χ4v) is 2.29. The molecule has 6 heteroatoms. The van der Waals surface area contributed by atoms with Gasteiger partial charge < -0.3 is 10.1 Å². The zero-order valence-corrected chi connectivity index (χ0v) is 14.1. The van der Waals surface area contributed by atoms with Crippen LogP contribution in [0.3, 0.4) is 0 Å². The van der Waals surface area contributed by atoms with Crippen LogP contribution in [-0.2, 0) is 4.79 Å². The van der Waals surface area contributed by atoms with Gasteiger partial charge in [-0.15, -0.1) is 0 Å². The first-order valence-corrected chi connectivity index (χ1v) is 7.59. The zero-order chi connectivity index (χ0) is 17.9. The van der Waals surface area contributed by atoms with Crippen LogP contribution in [0.4, 0.5) is 11.4 Å². The normalized spacial score (nSPS) is 11.7. The van der Waals surface area contributed by atoms with Crippen molar-refractivity contribution >= 4 is 17.3 Å².